The highest BCUT2D eigenvalue weighted by Gasteiger charge is 2.40. The van der Waals surface area contributed by atoms with E-state index in [1.807, 2.05) is 12.1 Å². The van der Waals surface area contributed by atoms with E-state index in [-0.39, 0.29) is 36.6 Å². The first-order valence-electron chi connectivity index (χ1n) is 11.3. The molecule has 0 saturated carbocycles. The summed E-state index contributed by atoms with van der Waals surface area (Å²) >= 11 is 0. The van der Waals surface area contributed by atoms with Crippen LogP contribution in [0.25, 0.3) is 0 Å². The van der Waals surface area contributed by atoms with Gasteiger partial charge < -0.3 is 21.3 Å². The average molecular weight is 470 g/mol. The van der Waals surface area contributed by atoms with Gasteiger partial charge in [0.05, 0.1) is 0 Å². The van der Waals surface area contributed by atoms with Gasteiger partial charge in [0.1, 0.15) is 5.82 Å². The molecule has 2 aromatic rings. The summed E-state index contributed by atoms with van der Waals surface area (Å²) in [5, 5.41) is 5.31. The summed E-state index contributed by atoms with van der Waals surface area (Å²) in [6, 6.07) is 12.2. The molecule has 0 aliphatic carbocycles. The second-order valence-electron chi connectivity index (χ2n) is 9.27. The zero-order valence-electron chi connectivity index (χ0n) is 19.8. The minimum Gasteiger partial charge on any atom is -0.351 e. The third-order valence-corrected chi connectivity index (χ3v) is 5.66. The van der Waals surface area contributed by atoms with Crippen LogP contribution in [0, 0.1) is 5.82 Å². The summed E-state index contributed by atoms with van der Waals surface area (Å²) in [4.78, 5) is 42.3. The molecular weight excluding hydrogens is 437 g/mol. The van der Waals surface area contributed by atoms with Gasteiger partial charge in [-0.05, 0) is 47.7 Å². The van der Waals surface area contributed by atoms with Crippen molar-refractivity contribution in [3.05, 3.63) is 65.5 Å². The summed E-state index contributed by atoms with van der Waals surface area (Å²) in [5.41, 5.74) is 7.23. The first-order chi connectivity index (χ1) is 16.1. The fraction of sp³-hybridized carbons (Fsp3) is 0.400. The van der Waals surface area contributed by atoms with Crippen LogP contribution in [0.2, 0.25) is 0 Å². The molecule has 3 rings (SSSR count). The predicted octanol–water partition coefficient (Wildman–Crippen LogP) is 2.90. The van der Waals surface area contributed by atoms with E-state index < -0.39 is 23.9 Å². The van der Waals surface area contributed by atoms with Crippen molar-refractivity contribution in [2.75, 3.05) is 31.5 Å². The zero-order chi connectivity index (χ0) is 24.9. The van der Waals surface area contributed by atoms with Gasteiger partial charge in [-0.2, -0.15) is 0 Å². The van der Waals surface area contributed by atoms with E-state index in [0.29, 0.717) is 18.5 Å². The minimum atomic E-state index is -1.16. The highest BCUT2D eigenvalue weighted by atomic mass is 19.1. The second-order valence-corrected chi connectivity index (χ2v) is 9.27. The second kappa shape index (κ2) is 10.6. The van der Waals surface area contributed by atoms with Crippen LogP contribution in [0.1, 0.15) is 43.1 Å². The molecule has 0 aromatic heterocycles. The van der Waals surface area contributed by atoms with E-state index in [1.165, 1.54) is 28.0 Å². The van der Waals surface area contributed by atoms with Crippen molar-refractivity contribution < 1.29 is 18.8 Å². The zero-order valence-corrected chi connectivity index (χ0v) is 19.8. The van der Waals surface area contributed by atoms with E-state index in [2.05, 4.69) is 31.4 Å². The van der Waals surface area contributed by atoms with Gasteiger partial charge in [0, 0.05) is 37.4 Å². The first kappa shape index (κ1) is 25.2. The molecule has 8 nitrogen and oxygen atoms in total. The Balaban J connectivity index is 1.88. The molecule has 1 aliphatic rings. The molecule has 2 aromatic carbocycles. The van der Waals surface area contributed by atoms with Crippen molar-refractivity contribution in [1.29, 1.82) is 0 Å². The summed E-state index contributed by atoms with van der Waals surface area (Å²) in [6.07, 6.45) is -0.674. The Labute approximate surface area is 199 Å². The van der Waals surface area contributed by atoms with Gasteiger partial charge in [-0.15, -0.1) is 0 Å². The van der Waals surface area contributed by atoms with Crippen LogP contribution in [-0.2, 0) is 10.2 Å². The van der Waals surface area contributed by atoms with Gasteiger partial charge in [0.15, 0.2) is 6.17 Å². The maximum atomic E-state index is 13.6. The lowest BCUT2D eigenvalue weighted by atomic mass is 9.86. The fourth-order valence-electron chi connectivity index (χ4n) is 3.86. The summed E-state index contributed by atoms with van der Waals surface area (Å²) < 4.78 is 13.6. The van der Waals surface area contributed by atoms with Crippen LogP contribution in [0.15, 0.2) is 48.5 Å². The van der Waals surface area contributed by atoms with Crippen molar-refractivity contribution in [2.24, 2.45) is 5.73 Å². The number of anilines is 1. The van der Waals surface area contributed by atoms with E-state index in [9.17, 15) is 18.8 Å². The summed E-state index contributed by atoms with van der Waals surface area (Å²) in [7, 11) is 0. The molecular formula is C25H32FN5O3. The van der Waals surface area contributed by atoms with Crippen LogP contribution < -0.4 is 16.4 Å². The van der Waals surface area contributed by atoms with E-state index in [1.54, 1.807) is 18.2 Å². The van der Waals surface area contributed by atoms with Crippen molar-refractivity contribution in [2.45, 2.75) is 38.8 Å². The molecule has 0 bridgehead atoms. The molecule has 1 saturated heterocycles. The lowest BCUT2D eigenvalue weighted by Crippen LogP contribution is -2.64. The molecule has 4 amide bonds. The Bertz CT molecular complexity index is 1040. The van der Waals surface area contributed by atoms with Gasteiger partial charge >= 0.3 is 6.03 Å². The van der Waals surface area contributed by atoms with Crippen LogP contribution in [-0.4, -0.2) is 60.0 Å². The Morgan fingerprint density at radius 2 is 1.74 bits per heavy atom. The number of hydrogen-bond donors (Lipinski definition) is 3. The maximum absolute atomic E-state index is 13.6. The van der Waals surface area contributed by atoms with Gasteiger partial charge in [-0.1, -0.05) is 39.0 Å². The lowest BCUT2D eigenvalue weighted by molar-refractivity contribution is -0.132. The van der Waals surface area contributed by atoms with E-state index in [0.717, 1.165) is 5.56 Å². The molecule has 0 radical (unpaired) electrons. The van der Waals surface area contributed by atoms with Crippen molar-refractivity contribution in [1.82, 2.24) is 15.1 Å². The number of carbonyl (C=O) groups excluding carboxylic acids is 3. The number of hydrogen-bond acceptors (Lipinski definition) is 4. The molecule has 182 valence electrons. The molecule has 1 heterocycles. The predicted molar refractivity (Wildman–Crippen MR) is 129 cm³/mol. The smallest absolute Gasteiger partial charge is 0.323 e. The first-order valence-corrected chi connectivity index (χ1v) is 11.3. The Morgan fingerprint density at radius 1 is 1.06 bits per heavy atom. The largest absolute Gasteiger partial charge is 0.351 e. The molecule has 0 spiro atoms. The number of rotatable bonds is 5. The number of halogens is 1. The Morgan fingerprint density at radius 3 is 2.35 bits per heavy atom. The molecule has 34 heavy (non-hydrogen) atoms. The van der Waals surface area contributed by atoms with Crippen LogP contribution in [0.3, 0.4) is 0 Å². The SMILES string of the molecule is CC(C)(C)c1ccc(C(=O)N2CCCN(C(=O)Nc3cccc(F)c3)C2C(=O)NCCN)cc1. The van der Waals surface area contributed by atoms with Crippen molar-refractivity contribution in [3.8, 4) is 0 Å². The maximum Gasteiger partial charge on any atom is 0.323 e. The third-order valence-electron chi connectivity index (χ3n) is 5.66. The minimum absolute atomic E-state index is 0.0663. The highest BCUT2D eigenvalue weighted by molar-refractivity contribution is 6.00. The van der Waals surface area contributed by atoms with Gasteiger partial charge in [0.25, 0.3) is 11.8 Å². The van der Waals surface area contributed by atoms with Gasteiger partial charge in [-0.3, -0.25) is 14.5 Å². The van der Waals surface area contributed by atoms with E-state index in [4.69, 9.17) is 5.73 Å². The van der Waals surface area contributed by atoms with Crippen LogP contribution in [0.5, 0.6) is 0 Å². The normalized spacial score (nSPS) is 16.2. The summed E-state index contributed by atoms with van der Waals surface area (Å²) in [6.45, 7) is 7.25. The third kappa shape index (κ3) is 5.91. The number of carbonyl (C=O) groups is 3. The van der Waals surface area contributed by atoms with Crippen LogP contribution in [0.4, 0.5) is 14.9 Å². The highest BCUT2D eigenvalue weighted by Crippen LogP contribution is 2.24. The fourth-order valence-corrected chi connectivity index (χ4v) is 3.86. The Hall–Kier alpha value is -3.46. The molecule has 1 unspecified atom stereocenters. The molecule has 1 fully saturated rings. The number of amides is 4. The van der Waals surface area contributed by atoms with Gasteiger partial charge in [0.2, 0.25) is 0 Å². The molecule has 9 heteroatoms. The number of urea groups is 1. The standard InChI is InChI=1S/C25H32FN5O3/c1-25(2,3)18-10-8-17(9-11-18)23(33)30-14-5-15-31(22(30)21(32)28-13-12-27)24(34)29-20-7-4-6-19(26)16-20/h4,6-11,16,22H,5,12-15,27H2,1-3H3,(H,28,32)(H,29,34). The lowest BCUT2D eigenvalue weighted by Gasteiger charge is -2.42. The summed E-state index contributed by atoms with van der Waals surface area (Å²) in [5.74, 6) is -1.35. The van der Waals surface area contributed by atoms with Gasteiger partial charge in [-0.25, -0.2) is 9.18 Å². The molecule has 1 atom stereocenters. The quantitative estimate of drug-likeness (QED) is 0.626. The van der Waals surface area contributed by atoms with E-state index >= 15 is 0 Å². The average Bonchev–Trinajstić information content (AvgIpc) is 2.81. The molecule has 1 aliphatic heterocycles. The monoisotopic (exact) mass is 469 g/mol. The number of nitrogens with one attached hydrogen (secondary N) is 2. The van der Waals surface area contributed by atoms with Crippen LogP contribution >= 0.6 is 0 Å². The van der Waals surface area contributed by atoms with Crippen molar-refractivity contribution in [3.63, 3.8) is 0 Å². The number of nitrogens with zero attached hydrogens (tertiary/aromatic N) is 2. The number of benzene rings is 2. The number of nitrogens with two attached hydrogens (primary N) is 1. The molecule has 4 N–H and O–H groups in total. The van der Waals surface area contributed by atoms with Crippen molar-refractivity contribution >= 4 is 23.5 Å². The Kier molecular flexibility index (Phi) is 7.88. The topological polar surface area (TPSA) is 108 Å².